The predicted octanol–water partition coefficient (Wildman–Crippen LogP) is 3.73. The van der Waals surface area contributed by atoms with E-state index in [9.17, 15) is 9.59 Å². The molecule has 2 fully saturated rings. The number of thiophene rings is 1. The minimum absolute atomic E-state index is 0.0165. The number of nitrogens with one attached hydrogen (secondary N) is 1. The minimum Gasteiger partial charge on any atom is -0.342 e. The summed E-state index contributed by atoms with van der Waals surface area (Å²) in [5, 5.41) is 2.69. The molecular weight excluding hydrogens is 446 g/mol. The first kappa shape index (κ1) is 23.2. The number of piperazine rings is 1. The fraction of sp³-hybridized carbons (Fsp3) is 0.500. The highest BCUT2D eigenvalue weighted by molar-refractivity contribution is 7.17. The molecule has 4 heterocycles. The van der Waals surface area contributed by atoms with E-state index in [0.29, 0.717) is 17.8 Å². The third kappa shape index (κ3) is 4.94. The van der Waals surface area contributed by atoms with Crippen molar-refractivity contribution in [3.05, 3.63) is 51.9 Å². The van der Waals surface area contributed by atoms with Gasteiger partial charge in [-0.15, -0.1) is 11.3 Å². The number of hydrogen-bond donors (Lipinski definition) is 1. The Kier molecular flexibility index (Phi) is 7.08. The number of carbonyl (C=O) groups excluding carboxylic acids is 1. The Morgan fingerprint density at radius 2 is 1.74 bits per heavy atom. The molecule has 5 rings (SSSR count). The van der Waals surface area contributed by atoms with Crippen LogP contribution in [0.25, 0.3) is 21.3 Å². The van der Waals surface area contributed by atoms with Gasteiger partial charge >= 0.3 is 0 Å². The first-order valence-electron chi connectivity index (χ1n) is 12.4. The molecule has 2 aliphatic heterocycles. The molecule has 180 valence electrons. The quantitative estimate of drug-likeness (QED) is 0.604. The van der Waals surface area contributed by atoms with E-state index in [1.54, 1.807) is 0 Å². The Balaban J connectivity index is 1.23. The number of rotatable bonds is 5. The molecule has 3 aromatic rings. The van der Waals surface area contributed by atoms with Crippen LogP contribution >= 0.6 is 11.3 Å². The lowest BCUT2D eigenvalue weighted by Crippen LogP contribution is -2.50. The summed E-state index contributed by atoms with van der Waals surface area (Å²) in [5.74, 6) is 0.986. The first-order chi connectivity index (χ1) is 16.6. The molecule has 0 aliphatic carbocycles. The molecule has 2 saturated heterocycles. The van der Waals surface area contributed by atoms with Crippen LogP contribution in [0.1, 0.15) is 44.5 Å². The highest BCUT2D eigenvalue weighted by Crippen LogP contribution is 2.31. The molecule has 2 aliphatic rings. The Labute approximate surface area is 204 Å². The fourth-order valence-electron chi connectivity index (χ4n) is 5.09. The minimum atomic E-state index is -0.0753. The molecule has 0 bridgehead atoms. The zero-order valence-corrected chi connectivity index (χ0v) is 20.6. The number of fused-ring (bicyclic) bond motifs is 1. The standard InChI is InChI=1S/C26H33N5O2S/c1-19(30-15-13-29(14-16-30)17-22(32)31-11-7-2-3-8-12-31)24-27-25(33)23-21(18-34-26(23)28-24)20-9-5-4-6-10-20/h4-6,9-10,18-19H,2-3,7-8,11-17H2,1H3,(H,27,28,33). The van der Waals surface area contributed by atoms with Crippen molar-refractivity contribution in [2.75, 3.05) is 45.8 Å². The normalized spacial score (nSPS) is 19.3. The van der Waals surface area contributed by atoms with E-state index in [-0.39, 0.29) is 17.5 Å². The highest BCUT2D eigenvalue weighted by atomic mass is 32.1. The van der Waals surface area contributed by atoms with Gasteiger partial charge < -0.3 is 9.88 Å². The van der Waals surface area contributed by atoms with Crippen molar-refractivity contribution >= 4 is 27.5 Å². The van der Waals surface area contributed by atoms with Crippen molar-refractivity contribution in [3.63, 3.8) is 0 Å². The number of carbonyl (C=O) groups is 1. The molecule has 1 N–H and O–H groups in total. The number of benzene rings is 1. The molecule has 1 atom stereocenters. The van der Waals surface area contributed by atoms with Crippen LogP contribution < -0.4 is 5.56 Å². The summed E-state index contributed by atoms with van der Waals surface area (Å²) in [6.07, 6.45) is 4.73. The smallest absolute Gasteiger partial charge is 0.260 e. The number of likely N-dealkylation sites (tertiary alicyclic amines) is 1. The lowest BCUT2D eigenvalue weighted by molar-refractivity contribution is -0.132. The van der Waals surface area contributed by atoms with Gasteiger partial charge in [-0.2, -0.15) is 0 Å². The Bertz CT molecular complexity index is 1170. The number of aromatic nitrogens is 2. The maximum absolute atomic E-state index is 13.0. The van der Waals surface area contributed by atoms with Crippen molar-refractivity contribution in [1.29, 1.82) is 0 Å². The van der Waals surface area contributed by atoms with Gasteiger partial charge in [-0.05, 0) is 25.3 Å². The van der Waals surface area contributed by atoms with E-state index in [0.717, 1.165) is 68.1 Å². The summed E-state index contributed by atoms with van der Waals surface area (Å²) >= 11 is 1.52. The van der Waals surface area contributed by atoms with Gasteiger partial charge in [-0.1, -0.05) is 43.2 Å². The third-order valence-electron chi connectivity index (χ3n) is 7.22. The second-order valence-corrected chi connectivity index (χ2v) is 10.3. The second kappa shape index (κ2) is 10.4. The van der Waals surface area contributed by atoms with Crippen LogP contribution in [0.4, 0.5) is 0 Å². The number of amides is 1. The van der Waals surface area contributed by atoms with Crippen molar-refractivity contribution in [2.24, 2.45) is 0 Å². The van der Waals surface area contributed by atoms with Crippen molar-refractivity contribution in [1.82, 2.24) is 24.7 Å². The van der Waals surface area contributed by atoms with Gasteiger partial charge in [0.05, 0.1) is 18.0 Å². The second-order valence-electron chi connectivity index (χ2n) is 9.43. The van der Waals surface area contributed by atoms with E-state index in [1.807, 2.05) is 35.7 Å². The van der Waals surface area contributed by atoms with Gasteiger partial charge in [0.2, 0.25) is 5.91 Å². The molecule has 7 nitrogen and oxygen atoms in total. The van der Waals surface area contributed by atoms with Crippen LogP contribution in [0.2, 0.25) is 0 Å². The summed E-state index contributed by atoms with van der Waals surface area (Å²) in [7, 11) is 0. The largest absolute Gasteiger partial charge is 0.342 e. The maximum atomic E-state index is 13.0. The molecule has 0 saturated carbocycles. The van der Waals surface area contributed by atoms with Gasteiger partial charge in [0, 0.05) is 50.2 Å². The SMILES string of the molecule is CC(c1nc2scc(-c3ccccc3)c2c(=O)[nH]1)N1CCN(CC(=O)N2CCCCCC2)CC1. The van der Waals surface area contributed by atoms with E-state index in [1.165, 1.54) is 24.2 Å². The number of hydrogen-bond acceptors (Lipinski definition) is 6. The fourth-order valence-corrected chi connectivity index (χ4v) is 6.04. The average molecular weight is 480 g/mol. The molecule has 0 radical (unpaired) electrons. The van der Waals surface area contributed by atoms with E-state index >= 15 is 0 Å². The maximum Gasteiger partial charge on any atom is 0.260 e. The van der Waals surface area contributed by atoms with Crippen LogP contribution in [0.5, 0.6) is 0 Å². The van der Waals surface area contributed by atoms with Crippen molar-refractivity contribution < 1.29 is 4.79 Å². The monoisotopic (exact) mass is 479 g/mol. The summed E-state index contributed by atoms with van der Waals surface area (Å²) in [4.78, 5) is 41.1. The molecule has 1 amide bonds. The van der Waals surface area contributed by atoms with Crippen molar-refractivity contribution in [2.45, 2.75) is 38.6 Å². The molecule has 8 heteroatoms. The third-order valence-corrected chi connectivity index (χ3v) is 8.09. The van der Waals surface area contributed by atoms with Gasteiger partial charge in [0.25, 0.3) is 5.56 Å². The average Bonchev–Trinajstić information content (AvgIpc) is 3.11. The molecule has 34 heavy (non-hydrogen) atoms. The molecule has 0 spiro atoms. The Morgan fingerprint density at radius 3 is 2.44 bits per heavy atom. The Hall–Kier alpha value is -2.55. The lowest BCUT2D eigenvalue weighted by atomic mass is 10.1. The summed E-state index contributed by atoms with van der Waals surface area (Å²) < 4.78 is 0. The molecule has 1 unspecified atom stereocenters. The van der Waals surface area contributed by atoms with Gasteiger partial charge in [-0.25, -0.2) is 4.98 Å². The van der Waals surface area contributed by atoms with E-state index in [4.69, 9.17) is 4.98 Å². The molecular formula is C26H33N5O2S. The van der Waals surface area contributed by atoms with Crippen LogP contribution in [0, 0.1) is 0 Å². The highest BCUT2D eigenvalue weighted by Gasteiger charge is 2.26. The molecule has 1 aromatic carbocycles. The van der Waals surface area contributed by atoms with Crippen LogP contribution in [-0.2, 0) is 4.79 Å². The summed E-state index contributed by atoms with van der Waals surface area (Å²) in [5.41, 5.74) is 1.90. The number of H-pyrrole nitrogens is 1. The van der Waals surface area contributed by atoms with Gasteiger partial charge in [0.15, 0.2) is 0 Å². The first-order valence-corrected chi connectivity index (χ1v) is 13.3. The number of aromatic amines is 1. The van der Waals surface area contributed by atoms with Gasteiger partial charge in [-0.3, -0.25) is 19.4 Å². The number of nitrogens with zero attached hydrogens (tertiary/aromatic N) is 4. The summed E-state index contributed by atoms with van der Waals surface area (Å²) in [6, 6.07) is 10.0. The van der Waals surface area contributed by atoms with E-state index < -0.39 is 0 Å². The van der Waals surface area contributed by atoms with Crippen LogP contribution in [-0.4, -0.2) is 76.4 Å². The van der Waals surface area contributed by atoms with Crippen LogP contribution in [0.3, 0.4) is 0 Å². The van der Waals surface area contributed by atoms with E-state index in [2.05, 4.69) is 26.6 Å². The lowest BCUT2D eigenvalue weighted by Gasteiger charge is -2.37. The Morgan fingerprint density at radius 1 is 1.03 bits per heavy atom. The van der Waals surface area contributed by atoms with Gasteiger partial charge in [0.1, 0.15) is 10.7 Å². The van der Waals surface area contributed by atoms with Crippen LogP contribution in [0.15, 0.2) is 40.5 Å². The molecule has 2 aromatic heterocycles. The zero-order chi connectivity index (χ0) is 23.5. The predicted molar refractivity (Wildman–Crippen MR) is 137 cm³/mol. The summed E-state index contributed by atoms with van der Waals surface area (Å²) in [6.45, 7) is 7.86. The zero-order valence-electron chi connectivity index (χ0n) is 19.8. The topological polar surface area (TPSA) is 72.5 Å². The van der Waals surface area contributed by atoms with Crippen molar-refractivity contribution in [3.8, 4) is 11.1 Å².